The molecule has 1 aromatic rings. The zero-order chi connectivity index (χ0) is 12.6. The third kappa shape index (κ3) is 2.26. The quantitative estimate of drug-likeness (QED) is 0.748. The summed E-state index contributed by atoms with van der Waals surface area (Å²) in [5.74, 6) is 0.190. The molecule has 1 amide bonds. The molecule has 1 aromatic heterocycles. The summed E-state index contributed by atoms with van der Waals surface area (Å²) in [5, 5.41) is 6.57. The second-order valence-corrected chi connectivity index (χ2v) is 4.58. The van der Waals surface area contributed by atoms with Gasteiger partial charge >= 0.3 is 0 Å². The number of aromatic nitrogens is 2. The molecule has 3 N–H and O–H groups in total. The second-order valence-electron chi connectivity index (χ2n) is 4.58. The Balaban J connectivity index is 2.20. The van der Waals surface area contributed by atoms with Gasteiger partial charge in [0.2, 0.25) is 0 Å². The van der Waals surface area contributed by atoms with Crippen LogP contribution in [0.5, 0.6) is 0 Å². The summed E-state index contributed by atoms with van der Waals surface area (Å²) in [6.45, 7) is 6.90. The van der Waals surface area contributed by atoms with E-state index in [1.165, 1.54) is 0 Å². The molecule has 1 aliphatic heterocycles. The number of nitrogens with zero attached hydrogens (tertiary/aromatic N) is 2. The van der Waals surface area contributed by atoms with Gasteiger partial charge in [0.05, 0.1) is 12.2 Å². The van der Waals surface area contributed by atoms with Crippen LogP contribution in [0.3, 0.4) is 0 Å². The lowest BCUT2D eigenvalue weighted by Gasteiger charge is -2.35. The van der Waals surface area contributed by atoms with E-state index < -0.39 is 0 Å². The van der Waals surface area contributed by atoms with E-state index in [-0.39, 0.29) is 23.9 Å². The normalized spacial score (nSPS) is 25.0. The lowest BCUT2D eigenvalue weighted by molar-refractivity contribution is -0.0586. The Hall–Kier alpha value is -1.56. The van der Waals surface area contributed by atoms with Gasteiger partial charge in [-0.15, -0.1) is 0 Å². The van der Waals surface area contributed by atoms with E-state index in [1.54, 1.807) is 11.8 Å². The third-order valence-corrected chi connectivity index (χ3v) is 2.90. The molecule has 0 aromatic carbocycles. The summed E-state index contributed by atoms with van der Waals surface area (Å²) in [6, 6.07) is 0. The number of hydrogen-bond donors (Lipinski definition) is 2. The van der Waals surface area contributed by atoms with Gasteiger partial charge in [-0.25, -0.2) is 0 Å². The number of nitrogens with two attached hydrogens (primary N) is 1. The van der Waals surface area contributed by atoms with Gasteiger partial charge in [0.25, 0.3) is 5.91 Å². The van der Waals surface area contributed by atoms with E-state index in [2.05, 4.69) is 10.2 Å². The summed E-state index contributed by atoms with van der Waals surface area (Å²) in [7, 11) is 0. The fourth-order valence-corrected chi connectivity index (χ4v) is 2.22. The fourth-order valence-electron chi connectivity index (χ4n) is 2.22. The van der Waals surface area contributed by atoms with Crippen molar-refractivity contribution in [1.82, 2.24) is 15.1 Å². The van der Waals surface area contributed by atoms with E-state index in [1.807, 2.05) is 13.8 Å². The number of nitrogens with one attached hydrogen (secondary N) is 1. The molecule has 0 saturated carbocycles. The highest BCUT2D eigenvalue weighted by Crippen LogP contribution is 2.19. The summed E-state index contributed by atoms with van der Waals surface area (Å²) >= 11 is 0. The van der Waals surface area contributed by atoms with E-state index >= 15 is 0 Å². The topological polar surface area (TPSA) is 84.2 Å². The van der Waals surface area contributed by atoms with Gasteiger partial charge in [0, 0.05) is 18.8 Å². The van der Waals surface area contributed by atoms with Crippen LogP contribution in [-0.4, -0.2) is 46.3 Å². The number of amides is 1. The number of anilines is 1. The zero-order valence-electron chi connectivity index (χ0n) is 10.4. The highest BCUT2D eigenvalue weighted by atomic mass is 16.5. The Labute approximate surface area is 100 Å². The minimum absolute atomic E-state index is 0.0520. The van der Waals surface area contributed by atoms with Crippen molar-refractivity contribution in [2.45, 2.75) is 33.0 Å². The van der Waals surface area contributed by atoms with Crippen LogP contribution in [0.2, 0.25) is 0 Å². The maximum absolute atomic E-state index is 12.3. The van der Waals surface area contributed by atoms with Crippen molar-refractivity contribution < 1.29 is 9.53 Å². The Bertz CT molecular complexity index is 400. The van der Waals surface area contributed by atoms with Crippen molar-refractivity contribution in [3.8, 4) is 0 Å². The summed E-state index contributed by atoms with van der Waals surface area (Å²) in [5.41, 5.74) is 6.88. The number of aromatic amines is 1. The maximum atomic E-state index is 12.3. The number of carbonyl (C=O) groups excluding carboxylic acids is 1. The Kier molecular flexibility index (Phi) is 3.06. The molecule has 2 rings (SSSR count). The van der Waals surface area contributed by atoms with Gasteiger partial charge in [0.1, 0.15) is 5.56 Å². The van der Waals surface area contributed by atoms with Crippen LogP contribution in [0.4, 0.5) is 5.82 Å². The highest BCUT2D eigenvalue weighted by molar-refractivity contribution is 5.99. The SMILES string of the molecule is Cc1[nH]nc(N)c1C(=O)N1C[C@@H](C)O[C@@H](C)C1. The first-order valence-corrected chi connectivity index (χ1v) is 5.74. The first kappa shape index (κ1) is 11.9. The van der Waals surface area contributed by atoms with E-state index in [4.69, 9.17) is 10.5 Å². The summed E-state index contributed by atoms with van der Waals surface area (Å²) in [4.78, 5) is 14.1. The minimum atomic E-state index is -0.0734. The van der Waals surface area contributed by atoms with Crippen molar-refractivity contribution in [3.05, 3.63) is 11.3 Å². The monoisotopic (exact) mass is 238 g/mol. The Morgan fingerprint density at radius 3 is 2.53 bits per heavy atom. The van der Waals surface area contributed by atoms with Gasteiger partial charge < -0.3 is 15.4 Å². The second kappa shape index (κ2) is 4.37. The van der Waals surface area contributed by atoms with Crippen molar-refractivity contribution in [1.29, 1.82) is 0 Å². The van der Waals surface area contributed by atoms with Gasteiger partial charge in [-0.2, -0.15) is 5.10 Å². The van der Waals surface area contributed by atoms with Crippen LogP contribution >= 0.6 is 0 Å². The fraction of sp³-hybridized carbons (Fsp3) is 0.636. The first-order valence-electron chi connectivity index (χ1n) is 5.74. The Morgan fingerprint density at radius 1 is 1.47 bits per heavy atom. The lowest BCUT2D eigenvalue weighted by atomic mass is 10.1. The van der Waals surface area contributed by atoms with Crippen LogP contribution in [0.15, 0.2) is 0 Å². The van der Waals surface area contributed by atoms with Gasteiger partial charge in [-0.1, -0.05) is 0 Å². The molecule has 94 valence electrons. The standard InChI is InChI=1S/C11H18N4O2/c1-6-4-15(5-7(2)17-6)11(16)9-8(3)13-14-10(9)12/h6-7H,4-5H2,1-3H3,(H3,12,13,14)/t6-,7+. The number of rotatable bonds is 1. The van der Waals surface area contributed by atoms with E-state index in [9.17, 15) is 4.79 Å². The first-order chi connectivity index (χ1) is 7.99. The minimum Gasteiger partial charge on any atom is -0.382 e. The molecule has 0 radical (unpaired) electrons. The largest absolute Gasteiger partial charge is 0.382 e. The number of H-pyrrole nitrogens is 1. The number of aryl methyl sites for hydroxylation is 1. The molecule has 1 fully saturated rings. The van der Waals surface area contributed by atoms with E-state index in [0.717, 1.165) is 0 Å². The number of hydrogen-bond acceptors (Lipinski definition) is 4. The number of morpholine rings is 1. The molecule has 1 saturated heterocycles. The highest BCUT2D eigenvalue weighted by Gasteiger charge is 2.29. The predicted octanol–water partition coefficient (Wildman–Crippen LogP) is 0.550. The maximum Gasteiger partial charge on any atom is 0.259 e. The molecule has 0 spiro atoms. The lowest BCUT2D eigenvalue weighted by Crippen LogP contribution is -2.48. The summed E-state index contributed by atoms with van der Waals surface area (Å²) in [6.07, 6.45) is 0.104. The van der Waals surface area contributed by atoms with E-state index in [0.29, 0.717) is 24.3 Å². The van der Waals surface area contributed by atoms with Crippen LogP contribution in [-0.2, 0) is 4.74 Å². The van der Waals surface area contributed by atoms with Crippen LogP contribution in [0.25, 0.3) is 0 Å². The van der Waals surface area contributed by atoms with Crippen molar-refractivity contribution in [2.75, 3.05) is 18.8 Å². The third-order valence-electron chi connectivity index (χ3n) is 2.90. The molecular weight excluding hydrogens is 220 g/mol. The molecule has 2 heterocycles. The van der Waals surface area contributed by atoms with Crippen molar-refractivity contribution in [2.24, 2.45) is 0 Å². The molecule has 6 nitrogen and oxygen atoms in total. The molecule has 0 unspecified atom stereocenters. The van der Waals surface area contributed by atoms with Gasteiger partial charge in [-0.05, 0) is 20.8 Å². The van der Waals surface area contributed by atoms with Crippen molar-refractivity contribution >= 4 is 11.7 Å². The van der Waals surface area contributed by atoms with Crippen LogP contribution < -0.4 is 5.73 Å². The molecule has 2 atom stereocenters. The number of carbonyl (C=O) groups is 1. The van der Waals surface area contributed by atoms with Crippen molar-refractivity contribution in [3.63, 3.8) is 0 Å². The molecule has 6 heteroatoms. The molecule has 0 aliphatic carbocycles. The zero-order valence-corrected chi connectivity index (χ0v) is 10.4. The smallest absolute Gasteiger partial charge is 0.259 e. The molecular formula is C11H18N4O2. The molecule has 1 aliphatic rings. The van der Waals surface area contributed by atoms with Gasteiger partial charge in [-0.3, -0.25) is 9.89 Å². The molecule has 0 bridgehead atoms. The van der Waals surface area contributed by atoms with Crippen LogP contribution in [0.1, 0.15) is 29.9 Å². The van der Waals surface area contributed by atoms with Crippen LogP contribution in [0, 0.1) is 6.92 Å². The summed E-state index contributed by atoms with van der Waals surface area (Å²) < 4.78 is 5.60. The van der Waals surface area contributed by atoms with Gasteiger partial charge in [0.15, 0.2) is 5.82 Å². The average molecular weight is 238 g/mol. The Morgan fingerprint density at radius 2 is 2.06 bits per heavy atom. The average Bonchev–Trinajstić information content (AvgIpc) is 2.56. The predicted molar refractivity (Wildman–Crippen MR) is 63.6 cm³/mol. The number of ether oxygens (including phenoxy) is 1. The number of nitrogen functional groups attached to an aromatic ring is 1. The molecule has 17 heavy (non-hydrogen) atoms.